The van der Waals surface area contributed by atoms with Crippen LogP contribution in [0.2, 0.25) is 0 Å². The van der Waals surface area contributed by atoms with E-state index in [0.29, 0.717) is 11.2 Å². The number of rotatable bonds is 4. The summed E-state index contributed by atoms with van der Waals surface area (Å²) >= 11 is 0. The zero-order chi connectivity index (χ0) is 30.0. The minimum atomic E-state index is -0.291. The van der Waals surface area contributed by atoms with E-state index in [4.69, 9.17) is 18.8 Å². The monoisotopic (exact) mass is 585 g/mol. The van der Waals surface area contributed by atoms with Crippen molar-refractivity contribution in [1.82, 2.24) is 5.32 Å². The molecule has 1 aromatic heterocycles. The number of allylic oxidation sites excluding steroid dienone is 3. The molecule has 5 aromatic carbocycles. The molecule has 8 rings (SSSR count). The van der Waals surface area contributed by atoms with E-state index in [1.54, 1.807) is 0 Å². The molecule has 45 heavy (non-hydrogen) atoms. The van der Waals surface area contributed by atoms with E-state index in [9.17, 15) is 0 Å². The van der Waals surface area contributed by atoms with Gasteiger partial charge in [0.2, 0.25) is 0 Å². The third kappa shape index (κ3) is 5.45. The summed E-state index contributed by atoms with van der Waals surface area (Å²) < 4.78 is 12.9. The van der Waals surface area contributed by atoms with Crippen molar-refractivity contribution in [2.45, 2.75) is 19.0 Å². The molecule has 2 unspecified atom stereocenters. The summed E-state index contributed by atoms with van der Waals surface area (Å²) in [6, 6.07) is 43.0. The number of amidine groups is 2. The Kier molecular flexibility index (Phi) is 7.04. The minimum Gasteiger partial charge on any atom is -0.453 e. The van der Waals surface area contributed by atoms with E-state index >= 15 is 0 Å². The number of benzene rings is 5. The van der Waals surface area contributed by atoms with Crippen molar-refractivity contribution < 1.29 is 8.83 Å². The molecule has 1 N–H and O–H groups in total. The number of para-hydroxylation sites is 2. The zero-order valence-electron chi connectivity index (χ0n) is 24.6. The van der Waals surface area contributed by atoms with Crippen LogP contribution in [0, 0.1) is 5.92 Å². The quantitative estimate of drug-likeness (QED) is 0.224. The standard InChI is InChI=1S/C40H31N3O2/c1-3-12-28(13-4-1)38-41-39(29-14-5-2-6-15-29)43-40(42-38)30-17-11-16-27(22-23-30)31-24-25-36-37(26-31)45-35-21-10-8-19-33(35)32-18-7-9-20-34(32)44-36/h1-21,24-26,30,38H,22-23H2,(H,41,42,43). The molecule has 0 saturated carbocycles. The molecular formula is C40H31N3O2. The molecule has 0 saturated heterocycles. The SMILES string of the molecule is C1=CC(C2=NC(c3ccccc3)N=C(c3ccccc3)N2)CCC(c2ccc3oc4ccccc4c4ccccc4oc3c2)=C1. The lowest BCUT2D eigenvalue weighted by molar-refractivity contribution is 0.618. The number of hydrogen-bond acceptors (Lipinski definition) is 5. The van der Waals surface area contributed by atoms with Gasteiger partial charge in [-0.1, -0.05) is 121 Å². The second-order valence-electron chi connectivity index (χ2n) is 11.3. The van der Waals surface area contributed by atoms with Crippen molar-refractivity contribution in [2.24, 2.45) is 15.9 Å². The summed E-state index contributed by atoms with van der Waals surface area (Å²) in [6.07, 6.45) is 8.10. The van der Waals surface area contributed by atoms with Crippen LogP contribution in [-0.2, 0) is 0 Å². The van der Waals surface area contributed by atoms with Crippen LogP contribution in [0.4, 0.5) is 0 Å². The van der Waals surface area contributed by atoms with Gasteiger partial charge < -0.3 is 14.2 Å². The molecule has 1 aliphatic carbocycles. The molecular weight excluding hydrogens is 554 g/mol. The van der Waals surface area contributed by atoms with E-state index < -0.39 is 0 Å². The maximum atomic E-state index is 6.51. The molecule has 2 aliphatic rings. The Morgan fingerprint density at radius 3 is 2.02 bits per heavy atom. The van der Waals surface area contributed by atoms with Crippen molar-refractivity contribution in [3.8, 4) is 0 Å². The highest BCUT2D eigenvalue weighted by atomic mass is 16.4. The first-order valence-electron chi connectivity index (χ1n) is 15.4. The average molecular weight is 586 g/mol. The van der Waals surface area contributed by atoms with Gasteiger partial charge in [-0.25, -0.2) is 9.98 Å². The largest absolute Gasteiger partial charge is 0.453 e. The number of aliphatic imine (C=N–C) groups is 2. The number of hydrogen-bond donors (Lipinski definition) is 1. The van der Waals surface area contributed by atoms with E-state index in [2.05, 4.69) is 72.1 Å². The summed E-state index contributed by atoms with van der Waals surface area (Å²) in [5.41, 5.74) is 7.51. The molecule has 1 aliphatic heterocycles. The Bertz CT molecular complexity index is 2200. The Hall–Kier alpha value is -5.68. The molecule has 0 bridgehead atoms. The van der Waals surface area contributed by atoms with Crippen molar-refractivity contribution in [2.75, 3.05) is 0 Å². The first kappa shape index (κ1) is 26.9. The highest BCUT2D eigenvalue weighted by Gasteiger charge is 2.25. The van der Waals surface area contributed by atoms with Gasteiger partial charge in [0.15, 0.2) is 17.3 Å². The van der Waals surface area contributed by atoms with Crippen LogP contribution in [0.1, 0.15) is 35.7 Å². The highest BCUT2D eigenvalue weighted by molar-refractivity contribution is 6.11. The second kappa shape index (κ2) is 11.8. The number of nitrogens with one attached hydrogen (secondary N) is 1. The van der Waals surface area contributed by atoms with Crippen LogP contribution in [0.25, 0.3) is 38.7 Å². The van der Waals surface area contributed by atoms with Gasteiger partial charge in [0.25, 0.3) is 0 Å². The van der Waals surface area contributed by atoms with Gasteiger partial charge in [0.05, 0.1) is 0 Å². The van der Waals surface area contributed by atoms with Crippen LogP contribution in [0.3, 0.4) is 0 Å². The Balaban J connectivity index is 1.11. The maximum Gasteiger partial charge on any atom is 0.170 e. The molecule has 5 heteroatoms. The highest BCUT2D eigenvalue weighted by Crippen LogP contribution is 2.33. The molecule has 2 heterocycles. The molecule has 0 spiro atoms. The Morgan fingerprint density at radius 2 is 1.27 bits per heavy atom. The zero-order valence-corrected chi connectivity index (χ0v) is 24.6. The summed E-state index contributed by atoms with van der Waals surface area (Å²) in [4.78, 5) is 10.1. The summed E-state index contributed by atoms with van der Waals surface area (Å²) in [5.74, 6) is 1.90. The van der Waals surface area contributed by atoms with Gasteiger partial charge >= 0.3 is 0 Å². The molecule has 218 valence electrons. The van der Waals surface area contributed by atoms with E-state index in [-0.39, 0.29) is 12.1 Å². The third-order valence-electron chi connectivity index (χ3n) is 8.44. The Morgan fingerprint density at radius 1 is 0.600 bits per heavy atom. The lowest BCUT2D eigenvalue weighted by Crippen LogP contribution is -2.39. The normalized spacial score (nSPS) is 18.1. The van der Waals surface area contributed by atoms with Gasteiger partial charge in [-0.05, 0) is 53.8 Å². The topological polar surface area (TPSA) is 63.0 Å². The van der Waals surface area contributed by atoms with Crippen molar-refractivity contribution in [3.05, 3.63) is 162 Å². The van der Waals surface area contributed by atoms with Gasteiger partial charge in [0, 0.05) is 22.3 Å². The van der Waals surface area contributed by atoms with Crippen molar-refractivity contribution in [3.63, 3.8) is 0 Å². The first-order chi connectivity index (χ1) is 22.3. The molecule has 0 amide bonds. The van der Waals surface area contributed by atoms with Crippen molar-refractivity contribution >= 4 is 50.3 Å². The summed E-state index contributed by atoms with van der Waals surface area (Å²) in [6.45, 7) is 0. The smallest absolute Gasteiger partial charge is 0.170 e. The second-order valence-corrected chi connectivity index (χ2v) is 11.3. The van der Waals surface area contributed by atoms with E-state index in [1.807, 2.05) is 78.9 Å². The van der Waals surface area contributed by atoms with E-state index in [0.717, 1.165) is 63.1 Å². The maximum absolute atomic E-state index is 6.51. The van der Waals surface area contributed by atoms with Gasteiger partial charge in [-0.3, -0.25) is 0 Å². The summed E-state index contributed by atoms with van der Waals surface area (Å²) in [7, 11) is 0. The number of fused-ring (bicyclic) bond motifs is 4. The lowest BCUT2D eigenvalue weighted by Gasteiger charge is -2.25. The molecule has 0 radical (unpaired) electrons. The minimum absolute atomic E-state index is 0.117. The van der Waals surface area contributed by atoms with Crippen LogP contribution >= 0.6 is 0 Å². The molecule has 6 aromatic rings. The van der Waals surface area contributed by atoms with Gasteiger partial charge in [-0.15, -0.1) is 0 Å². The van der Waals surface area contributed by atoms with Crippen LogP contribution in [0.15, 0.2) is 164 Å². The third-order valence-corrected chi connectivity index (χ3v) is 8.44. The van der Waals surface area contributed by atoms with Crippen LogP contribution in [0.5, 0.6) is 0 Å². The predicted octanol–water partition coefficient (Wildman–Crippen LogP) is 9.95. The van der Waals surface area contributed by atoms with Crippen molar-refractivity contribution in [1.29, 1.82) is 0 Å². The fourth-order valence-electron chi connectivity index (χ4n) is 6.10. The molecule has 5 nitrogen and oxygen atoms in total. The van der Waals surface area contributed by atoms with Crippen LogP contribution in [-0.4, -0.2) is 11.7 Å². The fraction of sp³-hybridized carbons (Fsp3) is 0.100. The van der Waals surface area contributed by atoms with Gasteiger partial charge in [0.1, 0.15) is 22.8 Å². The lowest BCUT2D eigenvalue weighted by atomic mass is 9.96. The van der Waals surface area contributed by atoms with E-state index in [1.165, 1.54) is 5.57 Å². The molecule has 0 fully saturated rings. The molecule has 2 atom stereocenters. The van der Waals surface area contributed by atoms with Crippen LogP contribution < -0.4 is 5.32 Å². The average Bonchev–Trinajstić information content (AvgIpc) is 3.36. The number of nitrogens with zero attached hydrogens (tertiary/aromatic N) is 2. The predicted molar refractivity (Wildman–Crippen MR) is 184 cm³/mol. The summed E-state index contributed by atoms with van der Waals surface area (Å²) in [5, 5.41) is 5.61. The first-order valence-corrected chi connectivity index (χ1v) is 15.4. The fourth-order valence-corrected chi connectivity index (χ4v) is 6.10. The Labute approximate surface area is 261 Å². The van der Waals surface area contributed by atoms with Gasteiger partial charge in [-0.2, -0.15) is 0 Å².